The van der Waals surface area contributed by atoms with Crippen LogP contribution in [0.5, 0.6) is 0 Å². The number of hydrogen-bond donors (Lipinski definition) is 3. The second-order valence-corrected chi connectivity index (χ2v) is 8.42. The van der Waals surface area contributed by atoms with Crippen molar-refractivity contribution in [3.05, 3.63) is 36.3 Å². The first-order chi connectivity index (χ1) is 15.5. The highest BCUT2D eigenvalue weighted by Gasteiger charge is 2.44. The third-order valence-electron chi connectivity index (χ3n) is 5.58. The Hall–Kier alpha value is -2.57. The molecule has 1 unspecified atom stereocenters. The molecular formula is C21H27BF3N5O3. The number of ether oxygens (including phenoxy) is 1. The minimum atomic E-state index is -4.40. The normalized spacial score (nSPS) is 19.6. The molecule has 2 heterocycles. The van der Waals surface area contributed by atoms with Crippen LogP contribution in [0.3, 0.4) is 0 Å². The van der Waals surface area contributed by atoms with Gasteiger partial charge in [0.05, 0.1) is 44.3 Å². The van der Waals surface area contributed by atoms with Crippen molar-refractivity contribution in [2.75, 3.05) is 26.9 Å². The lowest BCUT2D eigenvalue weighted by molar-refractivity contribution is -0.146. The molecule has 0 bridgehead atoms. The van der Waals surface area contributed by atoms with Crippen LogP contribution < -0.4 is 10.8 Å². The number of alkyl carbamates (subject to hydrolysis) is 1. The summed E-state index contributed by atoms with van der Waals surface area (Å²) in [6, 6.07) is 5.64. The molecular weight excluding hydrogens is 438 g/mol. The summed E-state index contributed by atoms with van der Waals surface area (Å²) in [6.45, 7) is 2.28. The number of methoxy groups -OCH3 is 1. The van der Waals surface area contributed by atoms with E-state index in [-0.39, 0.29) is 19.1 Å². The van der Waals surface area contributed by atoms with Crippen molar-refractivity contribution >= 4 is 19.4 Å². The third-order valence-corrected chi connectivity index (χ3v) is 5.58. The van der Waals surface area contributed by atoms with Crippen LogP contribution in [-0.2, 0) is 4.74 Å². The Bertz CT molecular complexity index is 938. The molecule has 3 atom stereocenters. The van der Waals surface area contributed by atoms with Gasteiger partial charge in [-0.3, -0.25) is 9.80 Å². The Morgan fingerprint density at radius 2 is 2.03 bits per heavy atom. The first-order valence-corrected chi connectivity index (χ1v) is 10.5. The molecule has 1 aliphatic heterocycles. The number of hydrogen-bond acceptors (Lipinski definition) is 6. The molecule has 3 rings (SSSR count). The molecule has 0 aliphatic carbocycles. The van der Waals surface area contributed by atoms with Crippen molar-refractivity contribution in [2.24, 2.45) is 5.92 Å². The number of aliphatic hydroxyl groups is 1. The molecule has 1 aromatic carbocycles. The summed E-state index contributed by atoms with van der Waals surface area (Å²) < 4.78 is 43.9. The summed E-state index contributed by atoms with van der Waals surface area (Å²) in [5.74, 6) is 0.185. The Kier molecular flexibility index (Phi) is 7.71. The molecule has 8 nitrogen and oxygen atoms in total. The SMILES string of the molecule is [B]c1ccc(-c2cnc([C@@H]3CN(CC(F)(F)F)CN3C(O)[C@@H](NC(=O)OC)C(C)C)[nH]2)cc1. The van der Waals surface area contributed by atoms with Gasteiger partial charge in [-0.05, 0) is 11.5 Å². The summed E-state index contributed by atoms with van der Waals surface area (Å²) in [5, 5.41) is 13.7. The minimum Gasteiger partial charge on any atom is -0.453 e. The molecule has 1 aliphatic rings. The number of amides is 1. The van der Waals surface area contributed by atoms with Gasteiger partial charge < -0.3 is 20.1 Å². The quantitative estimate of drug-likeness (QED) is 0.540. The van der Waals surface area contributed by atoms with Gasteiger partial charge in [0, 0.05) is 6.54 Å². The average Bonchev–Trinajstić information content (AvgIpc) is 3.37. The number of halogens is 3. The zero-order chi connectivity index (χ0) is 24.3. The van der Waals surface area contributed by atoms with E-state index in [2.05, 4.69) is 20.0 Å². The van der Waals surface area contributed by atoms with Crippen molar-refractivity contribution < 1.29 is 27.8 Å². The van der Waals surface area contributed by atoms with Crippen molar-refractivity contribution in [3.63, 3.8) is 0 Å². The number of carbonyl (C=O) groups is 1. The van der Waals surface area contributed by atoms with Gasteiger partial charge in [-0.25, -0.2) is 9.78 Å². The fourth-order valence-corrected chi connectivity index (χ4v) is 3.92. The maximum absolute atomic E-state index is 13.1. The molecule has 1 saturated heterocycles. The zero-order valence-corrected chi connectivity index (χ0v) is 18.6. The van der Waals surface area contributed by atoms with Gasteiger partial charge in [0.25, 0.3) is 0 Å². The minimum absolute atomic E-state index is 0.00565. The number of benzene rings is 1. The van der Waals surface area contributed by atoms with E-state index in [9.17, 15) is 23.1 Å². The lowest BCUT2D eigenvalue weighted by Gasteiger charge is -2.35. The van der Waals surface area contributed by atoms with Gasteiger partial charge in [0.2, 0.25) is 0 Å². The van der Waals surface area contributed by atoms with Gasteiger partial charge in [-0.2, -0.15) is 13.2 Å². The van der Waals surface area contributed by atoms with Crippen molar-refractivity contribution in [2.45, 2.75) is 38.3 Å². The highest BCUT2D eigenvalue weighted by atomic mass is 19.4. The molecule has 3 N–H and O–H groups in total. The van der Waals surface area contributed by atoms with E-state index in [1.165, 1.54) is 16.9 Å². The van der Waals surface area contributed by atoms with E-state index < -0.39 is 37.1 Å². The molecule has 33 heavy (non-hydrogen) atoms. The molecule has 1 amide bonds. The molecule has 12 heteroatoms. The fraction of sp³-hybridized carbons (Fsp3) is 0.524. The average molecular weight is 465 g/mol. The number of aliphatic hydroxyl groups excluding tert-OH is 1. The summed E-state index contributed by atoms with van der Waals surface area (Å²) in [6.07, 6.45) is -4.83. The van der Waals surface area contributed by atoms with Gasteiger partial charge in [-0.15, -0.1) is 0 Å². The number of nitrogens with one attached hydrogen (secondary N) is 2. The highest BCUT2D eigenvalue weighted by molar-refractivity contribution is 6.32. The van der Waals surface area contributed by atoms with E-state index >= 15 is 0 Å². The third kappa shape index (κ3) is 6.27. The van der Waals surface area contributed by atoms with Crippen LogP contribution in [0.4, 0.5) is 18.0 Å². The maximum Gasteiger partial charge on any atom is 0.407 e. The van der Waals surface area contributed by atoms with Gasteiger partial charge in [0.15, 0.2) is 0 Å². The number of rotatable bonds is 7. The van der Waals surface area contributed by atoms with E-state index in [4.69, 9.17) is 7.85 Å². The van der Waals surface area contributed by atoms with Crippen LogP contribution in [0.2, 0.25) is 0 Å². The molecule has 0 saturated carbocycles. The predicted molar refractivity (Wildman–Crippen MR) is 117 cm³/mol. The van der Waals surface area contributed by atoms with Crippen LogP contribution >= 0.6 is 0 Å². The van der Waals surface area contributed by atoms with E-state index in [1.807, 2.05) is 0 Å². The summed E-state index contributed by atoms with van der Waals surface area (Å²) in [7, 11) is 6.93. The molecule has 0 spiro atoms. The van der Waals surface area contributed by atoms with Crippen LogP contribution in [0, 0.1) is 5.92 Å². The van der Waals surface area contributed by atoms with E-state index in [0.717, 1.165) is 5.56 Å². The summed E-state index contributed by atoms with van der Waals surface area (Å²) in [5.41, 5.74) is 2.08. The molecule has 1 fully saturated rings. The Balaban J connectivity index is 1.89. The second kappa shape index (κ2) is 10.1. The largest absolute Gasteiger partial charge is 0.453 e. The molecule has 1 aromatic heterocycles. The standard InChI is InChI=1S/C21H27BF3N5O3/c1-12(2)17(28-20(32)33-3)19(31)30-11-29(10-21(23,24)25)9-16(30)18-26-8-15(27-18)13-4-6-14(22)7-5-13/h4-8,12,16-17,19,31H,9-11H2,1-3H3,(H,26,27)(H,28,32)/t16-,17-,19?/m0/s1. The topological polar surface area (TPSA) is 93.7 Å². The Labute approximate surface area is 191 Å². The zero-order valence-electron chi connectivity index (χ0n) is 18.6. The number of alkyl halides is 3. The van der Waals surface area contributed by atoms with Gasteiger partial charge in [-0.1, -0.05) is 43.6 Å². The van der Waals surface area contributed by atoms with E-state index in [0.29, 0.717) is 17.0 Å². The number of aromatic amines is 1. The van der Waals surface area contributed by atoms with E-state index in [1.54, 1.807) is 44.3 Å². The van der Waals surface area contributed by atoms with Crippen LogP contribution in [0.1, 0.15) is 25.7 Å². The maximum atomic E-state index is 13.1. The predicted octanol–water partition coefficient (Wildman–Crippen LogP) is 1.75. The molecule has 2 aromatic rings. The summed E-state index contributed by atoms with van der Waals surface area (Å²) in [4.78, 5) is 22.0. The number of imidazole rings is 1. The molecule has 178 valence electrons. The Morgan fingerprint density at radius 3 is 2.61 bits per heavy atom. The van der Waals surface area contributed by atoms with Crippen LogP contribution in [-0.4, -0.2) is 84.1 Å². The monoisotopic (exact) mass is 465 g/mol. The second-order valence-electron chi connectivity index (χ2n) is 8.42. The molecule has 2 radical (unpaired) electrons. The van der Waals surface area contributed by atoms with Gasteiger partial charge in [0.1, 0.15) is 19.9 Å². The Morgan fingerprint density at radius 1 is 1.36 bits per heavy atom. The van der Waals surface area contributed by atoms with Crippen LogP contribution in [0.25, 0.3) is 11.3 Å². The highest BCUT2D eigenvalue weighted by Crippen LogP contribution is 2.32. The van der Waals surface area contributed by atoms with Gasteiger partial charge >= 0.3 is 12.3 Å². The first-order valence-electron chi connectivity index (χ1n) is 10.5. The number of nitrogens with zero attached hydrogens (tertiary/aromatic N) is 3. The lowest BCUT2D eigenvalue weighted by atomic mass is 9.95. The van der Waals surface area contributed by atoms with Crippen molar-refractivity contribution in [1.82, 2.24) is 25.1 Å². The van der Waals surface area contributed by atoms with Crippen LogP contribution in [0.15, 0.2) is 30.5 Å². The lowest BCUT2D eigenvalue weighted by Crippen LogP contribution is -2.54. The number of carbonyl (C=O) groups excluding carboxylic acids is 1. The summed E-state index contributed by atoms with van der Waals surface area (Å²) >= 11 is 0. The fourth-order valence-electron chi connectivity index (χ4n) is 3.92. The van der Waals surface area contributed by atoms with Crippen molar-refractivity contribution in [3.8, 4) is 11.3 Å². The number of aromatic nitrogens is 2. The smallest absolute Gasteiger partial charge is 0.407 e. The van der Waals surface area contributed by atoms with Crippen molar-refractivity contribution in [1.29, 1.82) is 0 Å². The number of H-pyrrole nitrogens is 1. The first kappa shape index (κ1) is 25.1.